The van der Waals surface area contributed by atoms with Crippen LogP contribution in [0.4, 0.5) is 0 Å². The predicted octanol–water partition coefficient (Wildman–Crippen LogP) is 6.39. The summed E-state index contributed by atoms with van der Waals surface area (Å²) in [5.41, 5.74) is 2.82. The molecule has 4 aromatic rings. The summed E-state index contributed by atoms with van der Waals surface area (Å²) in [5.74, 6) is -0.229. The van der Waals surface area contributed by atoms with Gasteiger partial charge in [0.05, 0.1) is 5.56 Å². The van der Waals surface area contributed by atoms with Gasteiger partial charge in [0.1, 0.15) is 17.9 Å². The van der Waals surface area contributed by atoms with E-state index in [9.17, 15) is 9.59 Å². The number of ketones is 1. The molecule has 5 heteroatoms. The number of benzene rings is 3. The highest BCUT2D eigenvalue weighted by atomic mass is 16.6. The van der Waals surface area contributed by atoms with Crippen molar-refractivity contribution in [3.63, 3.8) is 0 Å². The van der Waals surface area contributed by atoms with Crippen LogP contribution in [0.3, 0.4) is 0 Å². The topological polar surface area (TPSA) is 65.7 Å². The van der Waals surface area contributed by atoms with Crippen LogP contribution >= 0.6 is 0 Å². The summed E-state index contributed by atoms with van der Waals surface area (Å²) in [5, 5.41) is 0.769. The molecule has 4 rings (SSSR count). The number of para-hydroxylation sites is 2. The molecule has 33 heavy (non-hydrogen) atoms. The molecule has 1 unspecified atom stereocenters. The Morgan fingerprint density at radius 2 is 1.61 bits per heavy atom. The van der Waals surface area contributed by atoms with Gasteiger partial charge in [-0.3, -0.25) is 4.79 Å². The van der Waals surface area contributed by atoms with Crippen molar-refractivity contribution in [3.8, 4) is 5.75 Å². The molecule has 5 nitrogen and oxygen atoms in total. The zero-order valence-electron chi connectivity index (χ0n) is 18.7. The highest BCUT2D eigenvalue weighted by Gasteiger charge is 2.26. The van der Waals surface area contributed by atoms with E-state index in [1.165, 1.54) is 5.56 Å². The highest BCUT2D eigenvalue weighted by Crippen LogP contribution is 2.28. The van der Waals surface area contributed by atoms with Gasteiger partial charge in [0.2, 0.25) is 11.5 Å². The first-order valence-corrected chi connectivity index (χ1v) is 11.1. The molecule has 0 spiro atoms. The average Bonchev–Trinajstić information content (AvgIpc) is 3.22. The molecule has 0 fully saturated rings. The Balaban J connectivity index is 1.52. The molecule has 0 N–H and O–H groups in total. The fraction of sp³-hybridized carbons (Fsp3) is 0.214. The molecule has 0 bridgehead atoms. The highest BCUT2D eigenvalue weighted by molar-refractivity contribution is 6.02. The third-order valence-corrected chi connectivity index (χ3v) is 5.44. The van der Waals surface area contributed by atoms with E-state index in [4.69, 9.17) is 13.9 Å². The third kappa shape index (κ3) is 5.14. The van der Waals surface area contributed by atoms with Gasteiger partial charge in [-0.05, 0) is 37.1 Å². The van der Waals surface area contributed by atoms with Crippen molar-refractivity contribution in [1.29, 1.82) is 0 Å². The molecule has 0 aliphatic carbocycles. The molecule has 0 saturated heterocycles. The van der Waals surface area contributed by atoms with E-state index in [0.717, 1.165) is 18.2 Å². The van der Waals surface area contributed by atoms with Crippen LogP contribution in [-0.4, -0.2) is 17.9 Å². The summed E-state index contributed by atoms with van der Waals surface area (Å²) in [6.45, 7) is 3.81. The maximum absolute atomic E-state index is 13.0. The number of carbonyl (C=O) groups excluding carboxylic acids is 2. The van der Waals surface area contributed by atoms with Gasteiger partial charge in [0.25, 0.3) is 0 Å². The molecule has 0 aliphatic heterocycles. The Morgan fingerprint density at radius 1 is 0.909 bits per heavy atom. The van der Waals surface area contributed by atoms with Gasteiger partial charge in [-0.25, -0.2) is 4.79 Å². The Hall–Kier alpha value is -3.86. The molecule has 0 aliphatic rings. The predicted molar refractivity (Wildman–Crippen MR) is 127 cm³/mol. The minimum atomic E-state index is -0.953. The molecule has 1 aromatic heterocycles. The van der Waals surface area contributed by atoms with E-state index in [-0.39, 0.29) is 18.2 Å². The van der Waals surface area contributed by atoms with E-state index >= 15 is 0 Å². The molecule has 0 radical (unpaired) electrons. The lowest BCUT2D eigenvalue weighted by molar-refractivity contribution is 0.0288. The third-order valence-electron chi connectivity index (χ3n) is 5.44. The van der Waals surface area contributed by atoms with Crippen molar-refractivity contribution in [2.24, 2.45) is 0 Å². The number of hydrogen-bond donors (Lipinski definition) is 0. The second-order valence-electron chi connectivity index (χ2n) is 7.87. The Labute approximate surface area is 192 Å². The first-order chi connectivity index (χ1) is 16.1. The number of rotatable bonds is 9. The summed E-state index contributed by atoms with van der Waals surface area (Å²) in [6.07, 6.45) is 1.04. The summed E-state index contributed by atoms with van der Waals surface area (Å²) in [6, 6.07) is 24.1. The summed E-state index contributed by atoms with van der Waals surface area (Å²) < 4.78 is 17.2. The Kier molecular flexibility index (Phi) is 6.89. The smallest absolute Gasteiger partial charge is 0.375 e. The van der Waals surface area contributed by atoms with E-state index in [1.807, 2.05) is 60.7 Å². The van der Waals surface area contributed by atoms with Gasteiger partial charge in [0, 0.05) is 10.9 Å². The van der Waals surface area contributed by atoms with Crippen molar-refractivity contribution in [3.05, 3.63) is 101 Å². The van der Waals surface area contributed by atoms with Gasteiger partial charge < -0.3 is 13.9 Å². The number of aryl methyl sites for hydroxylation is 1. The van der Waals surface area contributed by atoms with Crippen LogP contribution in [0.5, 0.6) is 5.75 Å². The maximum atomic E-state index is 13.0. The average molecular weight is 443 g/mol. The van der Waals surface area contributed by atoms with Crippen LogP contribution in [0.25, 0.3) is 11.0 Å². The molecular formula is C28H26O5. The van der Waals surface area contributed by atoms with E-state index in [1.54, 1.807) is 25.1 Å². The number of furan rings is 1. The molecule has 3 aromatic carbocycles. The largest absolute Gasteiger partial charge is 0.489 e. The number of ether oxygens (including phenoxy) is 2. The zero-order chi connectivity index (χ0) is 23.2. The van der Waals surface area contributed by atoms with Crippen LogP contribution in [0.2, 0.25) is 0 Å². The van der Waals surface area contributed by atoms with Crippen LogP contribution < -0.4 is 4.74 Å². The van der Waals surface area contributed by atoms with Crippen molar-refractivity contribution in [2.75, 3.05) is 0 Å². The number of esters is 1. The summed E-state index contributed by atoms with van der Waals surface area (Å²) in [4.78, 5) is 25.8. The lowest BCUT2D eigenvalue weighted by Gasteiger charge is -2.13. The minimum absolute atomic E-state index is 0.0464. The molecule has 0 amide bonds. The van der Waals surface area contributed by atoms with Gasteiger partial charge in [-0.2, -0.15) is 0 Å². The fourth-order valence-corrected chi connectivity index (χ4v) is 3.71. The zero-order valence-corrected chi connectivity index (χ0v) is 18.7. The van der Waals surface area contributed by atoms with Crippen molar-refractivity contribution >= 4 is 22.7 Å². The van der Waals surface area contributed by atoms with Crippen molar-refractivity contribution in [1.82, 2.24) is 0 Å². The normalized spacial score (nSPS) is 11.8. The first-order valence-electron chi connectivity index (χ1n) is 11.1. The first kappa shape index (κ1) is 22.3. The van der Waals surface area contributed by atoms with Gasteiger partial charge in [0.15, 0.2) is 6.10 Å². The van der Waals surface area contributed by atoms with Crippen LogP contribution in [-0.2, 0) is 17.8 Å². The molecule has 1 heterocycles. The SMILES string of the molecule is CCCc1ccc(C(=O)C(C)OC(=O)c2oc3ccccc3c2COc2ccccc2)cc1. The summed E-state index contributed by atoms with van der Waals surface area (Å²) in [7, 11) is 0. The van der Waals surface area contributed by atoms with E-state index in [0.29, 0.717) is 22.5 Å². The quantitative estimate of drug-likeness (QED) is 0.222. The lowest BCUT2D eigenvalue weighted by Crippen LogP contribution is -2.24. The number of hydrogen-bond acceptors (Lipinski definition) is 5. The standard InChI is InChI=1S/C28H26O5/c1-3-9-20-14-16-21(17-15-20)26(29)19(2)32-28(30)27-24(18-31-22-10-5-4-6-11-22)23-12-7-8-13-25(23)33-27/h4-8,10-17,19H,3,9,18H2,1-2H3. The van der Waals surface area contributed by atoms with Gasteiger partial charge in [-0.15, -0.1) is 0 Å². The van der Waals surface area contributed by atoms with E-state index < -0.39 is 12.1 Å². The number of Topliss-reactive ketones (excluding diaryl/α,β-unsaturated/α-hetero) is 1. The Morgan fingerprint density at radius 3 is 2.33 bits per heavy atom. The summed E-state index contributed by atoms with van der Waals surface area (Å²) >= 11 is 0. The molecule has 168 valence electrons. The molecular weight excluding hydrogens is 416 g/mol. The Bertz CT molecular complexity index is 1240. The van der Waals surface area contributed by atoms with E-state index in [2.05, 4.69) is 6.92 Å². The monoisotopic (exact) mass is 442 g/mol. The lowest BCUT2D eigenvalue weighted by atomic mass is 10.0. The molecule has 1 atom stereocenters. The fourth-order valence-electron chi connectivity index (χ4n) is 3.71. The van der Waals surface area contributed by atoms with Crippen molar-refractivity contribution < 1.29 is 23.5 Å². The maximum Gasteiger partial charge on any atom is 0.375 e. The second kappa shape index (κ2) is 10.2. The molecule has 0 saturated carbocycles. The number of fused-ring (bicyclic) bond motifs is 1. The van der Waals surface area contributed by atoms with Crippen LogP contribution in [0.15, 0.2) is 83.3 Å². The van der Waals surface area contributed by atoms with Gasteiger partial charge >= 0.3 is 5.97 Å². The minimum Gasteiger partial charge on any atom is -0.489 e. The second-order valence-corrected chi connectivity index (χ2v) is 7.87. The van der Waals surface area contributed by atoms with Crippen LogP contribution in [0, 0.1) is 0 Å². The van der Waals surface area contributed by atoms with Crippen molar-refractivity contribution in [2.45, 2.75) is 39.4 Å². The van der Waals surface area contributed by atoms with Crippen LogP contribution in [0.1, 0.15) is 52.3 Å². The number of carbonyl (C=O) groups is 2. The van der Waals surface area contributed by atoms with Gasteiger partial charge in [-0.1, -0.05) is 74.0 Å².